The number of anilines is 1. The summed E-state index contributed by atoms with van der Waals surface area (Å²) in [7, 11) is 3.42. The Labute approximate surface area is 131 Å². The number of aliphatic hydroxyl groups is 1. The molecular formula is C17H24N2O3. The number of aryl methyl sites for hydroxylation is 1. The van der Waals surface area contributed by atoms with Gasteiger partial charge in [0.25, 0.3) is 5.91 Å². The zero-order valence-corrected chi connectivity index (χ0v) is 13.5. The molecule has 0 spiro atoms. The highest BCUT2D eigenvalue weighted by molar-refractivity contribution is 5.97. The third kappa shape index (κ3) is 3.85. The Morgan fingerprint density at radius 1 is 1.27 bits per heavy atom. The lowest BCUT2D eigenvalue weighted by Gasteiger charge is -2.21. The van der Waals surface area contributed by atoms with Gasteiger partial charge in [-0.15, -0.1) is 0 Å². The largest absolute Gasteiger partial charge is 0.389 e. The van der Waals surface area contributed by atoms with Crippen LogP contribution >= 0.6 is 0 Å². The highest BCUT2D eigenvalue weighted by Gasteiger charge is 2.33. The number of carbonyl (C=O) groups is 2. The predicted molar refractivity (Wildman–Crippen MR) is 85.9 cm³/mol. The quantitative estimate of drug-likeness (QED) is 0.897. The van der Waals surface area contributed by atoms with Crippen molar-refractivity contribution in [3.05, 3.63) is 29.3 Å². The van der Waals surface area contributed by atoms with Gasteiger partial charge in [0.05, 0.1) is 12.0 Å². The first-order chi connectivity index (χ1) is 10.3. The third-order valence-electron chi connectivity index (χ3n) is 4.17. The van der Waals surface area contributed by atoms with Crippen molar-refractivity contribution in [3.8, 4) is 0 Å². The summed E-state index contributed by atoms with van der Waals surface area (Å²) in [5.74, 6) is -0.244. The molecule has 2 rings (SSSR count). The minimum absolute atomic E-state index is 0.0596. The minimum atomic E-state index is -0.847. The molecule has 5 nitrogen and oxygen atoms in total. The Balaban J connectivity index is 2.03. The molecule has 0 saturated heterocycles. The van der Waals surface area contributed by atoms with Gasteiger partial charge in [-0.05, 0) is 43.5 Å². The van der Waals surface area contributed by atoms with E-state index in [2.05, 4.69) is 5.32 Å². The summed E-state index contributed by atoms with van der Waals surface area (Å²) in [4.78, 5) is 25.6. The van der Waals surface area contributed by atoms with Crippen molar-refractivity contribution < 1.29 is 14.7 Å². The van der Waals surface area contributed by atoms with Gasteiger partial charge in [-0.2, -0.15) is 0 Å². The Morgan fingerprint density at radius 3 is 2.45 bits per heavy atom. The number of hydrogen-bond acceptors (Lipinski definition) is 3. The SMILES string of the molecule is Cc1cc(NC(=O)CC2(O)CCCC2)ccc1C(=O)N(C)C. The fraction of sp³-hybridized carbons (Fsp3) is 0.529. The summed E-state index contributed by atoms with van der Waals surface area (Å²) in [6.45, 7) is 1.84. The normalized spacial score (nSPS) is 16.4. The van der Waals surface area contributed by atoms with E-state index in [0.717, 1.165) is 18.4 Å². The van der Waals surface area contributed by atoms with Gasteiger partial charge in [-0.1, -0.05) is 12.8 Å². The molecule has 1 saturated carbocycles. The summed E-state index contributed by atoms with van der Waals surface area (Å²) >= 11 is 0. The molecule has 2 amide bonds. The van der Waals surface area contributed by atoms with Crippen LogP contribution in [0.2, 0.25) is 0 Å². The number of hydrogen-bond donors (Lipinski definition) is 2. The zero-order chi connectivity index (χ0) is 16.3. The number of nitrogens with one attached hydrogen (secondary N) is 1. The van der Waals surface area contributed by atoms with Crippen molar-refractivity contribution in [2.45, 2.75) is 44.6 Å². The Bertz CT molecular complexity index is 575. The maximum atomic E-state index is 12.1. The number of nitrogens with zero attached hydrogens (tertiary/aromatic N) is 1. The molecule has 1 aromatic rings. The van der Waals surface area contributed by atoms with E-state index in [1.54, 1.807) is 32.3 Å². The first-order valence-electron chi connectivity index (χ1n) is 7.65. The Morgan fingerprint density at radius 2 is 1.91 bits per heavy atom. The van der Waals surface area contributed by atoms with Crippen molar-refractivity contribution >= 4 is 17.5 Å². The molecule has 2 N–H and O–H groups in total. The van der Waals surface area contributed by atoms with Crippen molar-refractivity contribution in [2.75, 3.05) is 19.4 Å². The van der Waals surface area contributed by atoms with Gasteiger partial charge < -0.3 is 15.3 Å². The van der Waals surface area contributed by atoms with Crippen LogP contribution in [0.25, 0.3) is 0 Å². The molecule has 1 aliphatic rings. The fourth-order valence-corrected chi connectivity index (χ4v) is 2.94. The summed E-state index contributed by atoms with van der Waals surface area (Å²) in [6, 6.07) is 5.23. The highest BCUT2D eigenvalue weighted by atomic mass is 16.3. The lowest BCUT2D eigenvalue weighted by molar-refractivity contribution is -0.120. The van der Waals surface area contributed by atoms with E-state index in [1.165, 1.54) is 4.90 Å². The molecule has 0 aromatic heterocycles. The van der Waals surface area contributed by atoms with E-state index in [0.29, 0.717) is 24.1 Å². The minimum Gasteiger partial charge on any atom is -0.389 e. The molecule has 1 aliphatic carbocycles. The van der Waals surface area contributed by atoms with Crippen molar-refractivity contribution in [3.63, 3.8) is 0 Å². The average molecular weight is 304 g/mol. The van der Waals surface area contributed by atoms with Crippen LogP contribution in [0.5, 0.6) is 0 Å². The third-order valence-corrected chi connectivity index (χ3v) is 4.17. The molecule has 1 fully saturated rings. The van der Waals surface area contributed by atoms with Crippen LogP contribution in [-0.2, 0) is 4.79 Å². The molecule has 22 heavy (non-hydrogen) atoms. The average Bonchev–Trinajstić information content (AvgIpc) is 2.84. The number of rotatable bonds is 4. The Kier molecular flexibility index (Phi) is 4.86. The maximum absolute atomic E-state index is 12.1. The molecular weight excluding hydrogens is 280 g/mol. The standard InChI is InChI=1S/C17H24N2O3/c1-12-10-13(6-7-14(12)16(21)19(2)3)18-15(20)11-17(22)8-4-5-9-17/h6-7,10,22H,4-5,8-9,11H2,1-3H3,(H,18,20). The lowest BCUT2D eigenvalue weighted by Crippen LogP contribution is -2.30. The molecule has 120 valence electrons. The van der Waals surface area contributed by atoms with Gasteiger partial charge in [0.15, 0.2) is 0 Å². The highest BCUT2D eigenvalue weighted by Crippen LogP contribution is 2.32. The lowest BCUT2D eigenvalue weighted by atomic mass is 9.97. The van der Waals surface area contributed by atoms with Gasteiger partial charge in [0.2, 0.25) is 5.91 Å². The Hall–Kier alpha value is -1.88. The van der Waals surface area contributed by atoms with E-state index in [4.69, 9.17) is 0 Å². The molecule has 1 aromatic carbocycles. The maximum Gasteiger partial charge on any atom is 0.253 e. The zero-order valence-electron chi connectivity index (χ0n) is 13.5. The van der Waals surface area contributed by atoms with Crippen LogP contribution < -0.4 is 5.32 Å². The summed E-state index contributed by atoms with van der Waals surface area (Å²) < 4.78 is 0. The van der Waals surface area contributed by atoms with Gasteiger partial charge in [0.1, 0.15) is 0 Å². The van der Waals surface area contributed by atoms with Crippen LogP contribution in [0, 0.1) is 6.92 Å². The second-order valence-corrected chi connectivity index (χ2v) is 6.39. The summed E-state index contributed by atoms with van der Waals surface area (Å²) in [5, 5.41) is 13.1. The van der Waals surface area contributed by atoms with E-state index < -0.39 is 5.60 Å². The van der Waals surface area contributed by atoms with Gasteiger partial charge in [0, 0.05) is 25.3 Å². The monoisotopic (exact) mass is 304 g/mol. The van der Waals surface area contributed by atoms with Crippen molar-refractivity contribution in [1.82, 2.24) is 4.90 Å². The molecule has 5 heteroatoms. The van der Waals surface area contributed by atoms with Crippen LogP contribution in [0.4, 0.5) is 5.69 Å². The number of carbonyl (C=O) groups excluding carboxylic acids is 2. The molecule has 0 unspecified atom stereocenters. The first kappa shape index (κ1) is 16.5. The molecule has 0 radical (unpaired) electrons. The van der Waals surface area contributed by atoms with Crippen LogP contribution in [-0.4, -0.2) is 41.5 Å². The summed E-state index contributed by atoms with van der Waals surface area (Å²) in [5.41, 5.74) is 1.24. The summed E-state index contributed by atoms with van der Waals surface area (Å²) in [6.07, 6.45) is 3.46. The van der Waals surface area contributed by atoms with Crippen LogP contribution in [0.1, 0.15) is 48.0 Å². The van der Waals surface area contributed by atoms with Gasteiger partial charge >= 0.3 is 0 Å². The second-order valence-electron chi connectivity index (χ2n) is 6.39. The van der Waals surface area contributed by atoms with Crippen LogP contribution in [0.3, 0.4) is 0 Å². The molecule has 0 atom stereocenters. The van der Waals surface area contributed by atoms with E-state index in [9.17, 15) is 14.7 Å². The van der Waals surface area contributed by atoms with E-state index >= 15 is 0 Å². The van der Waals surface area contributed by atoms with Crippen LogP contribution in [0.15, 0.2) is 18.2 Å². The molecule has 0 heterocycles. The van der Waals surface area contributed by atoms with Gasteiger partial charge in [-0.25, -0.2) is 0 Å². The first-order valence-corrected chi connectivity index (χ1v) is 7.65. The van der Waals surface area contributed by atoms with Crippen molar-refractivity contribution in [1.29, 1.82) is 0 Å². The molecule has 0 bridgehead atoms. The topological polar surface area (TPSA) is 69.6 Å². The fourth-order valence-electron chi connectivity index (χ4n) is 2.94. The van der Waals surface area contributed by atoms with Gasteiger partial charge in [-0.3, -0.25) is 9.59 Å². The number of benzene rings is 1. The smallest absolute Gasteiger partial charge is 0.253 e. The predicted octanol–water partition coefficient (Wildman–Crippen LogP) is 2.33. The van der Waals surface area contributed by atoms with Crippen molar-refractivity contribution in [2.24, 2.45) is 0 Å². The van der Waals surface area contributed by atoms with E-state index in [1.807, 2.05) is 6.92 Å². The number of amides is 2. The van der Waals surface area contributed by atoms with E-state index in [-0.39, 0.29) is 18.2 Å². The molecule has 0 aliphatic heterocycles. The second kappa shape index (κ2) is 6.48.